The molecule has 4 heteroatoms. The summed E-state index contributed by atoms with van der Waals surface area (Å²) in [6.45, 7) is 2.75. The zero-order chi connectivity index (χ0) is 17.2. The van der Waals surface area contributed by atoms with E-state index >= 15 is 0 Å². The van der Waals surface area contributed by atoms with Crippen molar-refractivity contribution >= 4 is 17.7 Å². The Morgan fingerprint density at radius 2 is 1.80 bits per heavy atom. The molecule has 0 spiro atoms. The van der Waals surface area contributed by atoms with E-state index in [0.29, 0.717) is 12.3 Å². The monoisotopic (exact) mass is 348 g/mol. The Hall–Kier alpha value is -2.46. The number of carbonyl (C=O) groups excluding carboxylic acids is 1. The molecule has 0 radical (unpaired) electrons. The number of aromatic nitrogens is 1. The maximum Gasteiger partial charge on any atom is 0.234 e. The van der Waals surface area contributed by atoms with Crippen molar-refractivity contribution in [3.8, 4) is 5.69 Å². The van der Waals surface area contributed by atoms with Gasteiger partial charge in [-0.1, -0.05) is 48.0 Å². The Balaban J connectivity index is 1.58. The van der Waals surface area contributed by atoms with Gasteiger partial charge in [0.2, 0.25) is 5.91 Å². The summed E-state index contributed by atoms with van der Waals surface area (Å²) in [7, 11) is 0. The quantitative estimate of drug-likeness (QED) is 0.690. The largest absolute Gasteiger partial charge is 0.323 e. The van der Waals surface area contributed by atoms with Crippen LogP contribution in [-0.4, -0.2) is 21.1 Å². The van der Waals surface area contributed by atoms with E-state index in [1.807, 2.05) is 23.1 Å². The Kier molecular flexibility index (Phi) is 4.36. The minimum Gasteiger partial charge on any atom is -0.323 e. The highest BCUT2D eigenvalue weighted by molar-refractivity contribution is 8.00. The van der Waals surface area contributed by atoms with Crippen molar-refractivity contribution in [2.45, 2.75) is 18.8 Å². The number of hydrogen-bond acceptors (Lipinski definition) is 2. The maximum atomic E-state index is 12.4. The first-order valence-corrected chi connectivity index (χ1v) is 9.45. The van der Waals surface area contributed by atoms with Gasteiger partial charge in [0.1, 0.15) is 5.37 Å². The van der Waals surface area contributed by atoms with Gasteiger partial charge in [0.15, 0.2) is 0 Å². The first-order chi connectivity index (χ1) is 12.2. The van der Waals surface area contributed by atoms with Crippen LogP contribution in [0, 0.1) is 6.92 Å². The van der Waals surface area contributed by atoms with Crippen LogP contribution in [0.3, 0.4) is 0 Å². The average molecular weight is 348 g/mol. The van der Waals surface area contributed by atoms with E-state index in [4.69, 9.17) is 0 Å². The van der Waals surface area contributed by atoms with Crippen molar-refractivity contribution in [2.75, 3.05) is 5.75 Å². The van der Waals surface area contributed by atoms with Gasteiger partial charge in [0, 0.05) is 30.2 Å². The Morgan fingerprint density at radius 1 is 1.04 bits per heavy atom. The fourth-order valence-electron chi connectivity index (χ4n) is 3.12. The molecule has 0 aliphatic carbocycles. The van der Waals surface area contributed by atoms with Gasteiger partial charge < -0.3 is 9.47 Å². The molecular weight excluding hydrogens is 328 g/mol. The number of carbonyl (C=O) groups is 1. The number of benzene rings is 2. The van der Waals surface area contributed by atoms with Gasteiger partial charge in [-0.25, -0.2) is 0 Å². The molecule has 2 heterocycles. The molecular formula is C21H20N2OS. The third-order valence-corrected chi connectivity index (χ3v) is 5.75. The van der Waals surface area contributed by atoms with Crippen LogP contribution in [0.1, 0.15) is 22.1 Å². The molecule has 3 aromatic rings. The van der Waals surface area contributed by atoms with Crippen LogP contribution < -0.4 is 0 Å². The fraction of sp³-hybridized carbons (Fsp3) is 0.190. The van der Waals surface area contributed by atoms with Crippen LogP contribution in [0.4, 0.5) is 0 Å². The summed E-state index contributed by atoms with van der Waals surface area (Å²) in [5.41, 5.74) is 4.73. The van der Waals surface area contributed by atoms with Crippen LogP contribution in [0.5, 0.6) is 0 Å². The second-order valence-electron chi connectivity index (χ2n) is 6.36. The van der Waals surface area contributed by atoms with E-state index in [2.05, 4.69) is 66.3 Å². The lowest BCUT2D eigenvalue weighted by Gasteiger charge is -2.23. The van der Waals surface area contributed by atoms with E-state index in [1.54, 1.807) is 11.8 Å². The lowest BCUT2D eigenvalue weighted by Crippen LogP contribution is -2.27. The molecule has 1 aliphatic rings. The highest BCUT2D eigenvalue weighted by atomic mass is 32.2. The molecule has 0 unspecified atom stereocenters. The van der Waals surface area contributed by atoms with Crippen LogP contribution in [0.2, 0.25) is 0 Å². The van der Waals surface area contributed by atoms with Crippen molar-refractivity contribution in [2.24, 2.45) is 0 Å². The predicted molar refractivity (Wildman–Crippen MR) is 103 cm³/mol. The summed E-state index contributed by atoms with van der Waals surface area (Å²) in [6, 6.07) is 20.8. The molecule has 4 rings (SSSR count). The fourth-order valence-corrected chi connectivity index (χ4v) is 4.29. The average Bonchev–Trinajstić information content (AvgIpc) is 3.24. The van der Waals surface area contributed by atoms with E-state index in [1.165, 1.54) is 16.7 Å². The van der Waals surface area contributed by atoms with Crippen LogP contribution in [0.15, 0.2) is 73.1 Å². The number of nitrogens with zero attached hydrogens (tertiary/aromatic N) is 2. The standard InChI is InChI=1S/C21H20N2OS/c1-16-7-9-19(10-8-16)22-12-11-18(14-22)21-23(20(24)15-25-21)13-17-5-3-2-4-6-17/h2-12,14,21H,13,15H2,1H3/t21-/m1/s1. The van der Waals surface area contributed by atoms with E-state index < -0.39 is 0 Å². The highest BCUT2D eigenvalue weighted by Crippen LogP contribution is 2.39. The van der Waals surface area contributed by atoms with Crippen molar-refractivity contribution in [3.05, 3.63) is 89.7 Å². The molecule has 3 nitrogen and oxygen atoms in total. The van der Waals surface area contributed by atoms with Gasteiger partial charge in [0.25, 0.3) is 0 Å². The molecule has 1 aromatic heterocycles. The van der Waals surface area contributed by atoms with Crippen LogP contribution in [0.25, 0.3) is 5.69 Å². The second-order valence-corrected chi connectivity index (χ2v) is 7.43. The van der Waals surface area contributed by atoms with E-state index in [-0.39, 0.29) is 11.3 Å². The first kappa shape index (κ1) is 16.0. The lowest BCUT2D eigenvalue weighted by atomic mass is 10.2. The number of amides is 1. The van der Waals surface area contributed by atoms with Crippen LogP contribution >= 0.6 is 11.8 Å². The molecule has 0 saturated carbocycles. The third kappa shape index (κ3) is 3.35. The smallest absolute Gasteiger partial charge is 0.234 e. The van der Waals surface area contributed by atoms with Crippen molar-refractivity contribution in [1.82, 2.24) is 9.47 Å². The maximum absolute atomic E-state index is 12.4. The molecule has 0 N–H and O–H groups in total. The summed E-state index contributed by atoms with van der Waals surface area (Å²) in [5.74, 6) is 0.759. The summed E-state index contributed by atoms with van der Waals surface area (Å²) in [4.78, 5) is 14.4. The second kappa shape index (κ2) is 6.81. The number of thioether (sulfide) groups is 1. The van der Waals surface area contributed by atoms with Gasteiger partial charge in [-0.2, -0.15) is 0 Å². The molecule has 0 bridgehead atoms. The molecule has 1 atom stereocenters. The van der Waals surface area contributed by atoms with Gasteiger partial charge in [-0.15, -0.1) is 11.8 Å². The molecule has 25 heavy (non-hydrogen) atoms. The predicted octanol–water partition coefficient (Wildman–Crippen LogP) is 4.56. The Labute approximate surface area is 152 Å². The Morgan fingerprint density at radius 3 is 2.56 bits per heavy atom. The van der Waals surface area contributed by atoms with E-state index in [9.17, 15) is 4.79 Å². The topological polar surface area (TPSA) is 25.2 Å². The summed E-state index contributed by atoms with van der Waals surface area (Å²) in [5, 5.41) is 0.0828. The molecule has 1 fully saturated rings. The number of rotatable bonds is 4. The molecule has 1 saturated heterocycles. The highest BCUT2D eigenvalue weighted by Gasteiger charge is 2.33. The summed E-state index contributed by atoms with van der Waals surface area (Å²) < 4.78 is 2.12. The van der Waals surface area contributed by atoms with Gasteiger partial charge >= 0.3 is 0 Å². The van der Waals surface area contributed by atoms with Crippen molar-refractivity contribution in [1.29, 1.82) is 0 Å². The number of aryl methyl sites for hydroxylation is 1. The lowest BCUT2D eigenvalue weighted by molar-refractivity contribution is -0.128. The summed E-state index contributed by atoms with van der Waals surface area (Å²) >= 11 is 1.70. The van der Waals surface area contributed by atoms with Gasteiger partial charge in [-0.3, -0.25) is 4.79 Å². The van der Waals surface area contributed by atoms with Gasteiger partial charge in [0.05, 0.1) is 5.75 Å². The van der Waals surface area contributed by atoms with Crippen molar-refractivity contribution in [3.63, 3.8) is 0 Å². The summed E-state index contributed by atoms with van der Waals surface area (Å²) in [6.07, 6.45) is 4.21. The van der Waals surface area contributed by atoms with Crippen LogP contribution in [-0.2, 0) is 11.3 Å². The zero-order valence-electron chi connectivity index (χ0n) is 14.1. The minimum absolute atomic E-state index is 0.0828. The van der Waals surface area contributed by atoms with E-state index in [0.717, 1.165) is 5.69 Å². The molecule has 2 aromatic carbocycles. The SMILES string of the molecule is Cc1ccc(-n2ccc([C@H]3SCC(=O)N3Cc3ccccc3)c2)cc1. The first-order valence-electron chi connectivity index (χ1n) is 8.41. The molecule has 1 amide bonds. The normalized spacial score (nSPS) is 17.2. The third-order valence-electron chi connectivity index (χ3n) is 4.50. The Bertz CT molecular complexity index is 870. The zero-order valence-corrected chi connectivity index (χ0v) is 14.9. The number of hydrogen-bond donors (Lipinski definition) is 0. The van der Waals surface area contributed by atoms with Crippen molar-refractivity contribution < 1.29 is 4.79 Å². The van der Waals surface area contributed by atoms with Gasteiger partial charge in [-0.05, 0) is 30.7 Å². The minimum atomic E-state index is 0.0828. The molecule has 1 aliphatic heterocycles. The molecule has 126 valence electrons.